The van der Waals surface area contributed by atoms with Gasteiger partial charge in [-0.05, 0) is 46.2 Å². The van der Waals surface area contributed by atoms with Gasteiger partial charge in [0.25, 0.3) is 0 Å². The Labute approximate surface area is 167 Å². The number of benzene rings is 1. The number of carbonyl (C=O) groups excluding carboxylic acids is 1. The number of hydrogen-bond donors (Lipinski definition) is 3. The van der Waals surface area contributed by atoms with Crippen molar-refractivity contribution in [1.29, 1.82) is 0 Å². The SMILES string of the molecule is CCCc1cc(Nc2ccc(C)cc2)nc(NCCNC(=O)OC(C)(C)C)n1. The molecule has 2 rings (SSSR count). The van der Waals surface area contributed by atoms with Crippen molar-refractivity contribution in [2.24, 2.45) is 0 Å². The van der Waals surface area contributed by atoms with E-state index in [-0.39, 0.29) is 0 Å². The third-order valence-corrected chi connectivity index (χ3v) is 3.69. The second kappa shape index (κ2) is 9.92. The first-order valence-corrected chi connectivity index (χ1v) is 9.67. The van der Waals surface area contributed by atoms with Crippen LogP contribution in [0.2, 0.25) is 0 Å². The van der Waals surface area contributed by atoms with Crippen LogP contribution in [0.3, 0.4) is 0 Å². The van der Waals surface area contributed by atoms with Crippen LogP contribution >= 0.6 is 0 Å². The number of aryl methyl sites for hydroxylation is 2. The zero-order valence-electron chi connectivity index (χ0n) is 17.4. The minimum atomic E-state index is -0.508. The third kappa shape index (κ3) is 7.82. The molecule has 3 N–H and O–H groups in total. The smallest absolute Gasteiger partial charge is 0.407 e. The van der Waals surface area contributed by atoms with Crippen LogP contribution in [0.1, 0.15) is 45.4 Å². The fourth-order valence-electron chi connectivity index (χ4n) is 2.46. The molecule has 0 aliphatic carbocycles. The summed E-state index contributed by atoms with van der Waals surface area (Å²) in [4.78, 5) is 20.8. The molecule has 0 atom stereocenters. The minimum Gasteiger partial charge on any atom is -0.444 e. The predicted octanol–water partition coefficient (Wildman–Crippen LogP) is 4.42. The van der Waals surface area contributed by atoms with Gasteiger partial charge in [0.15, 0.2) is 0 Å². The highest BCUT2D eigenvalue weighted by atomic mass is 16.6. The maximum Gasteiger partial charge on any atom is 0.407 e. The van der Waals surface area contributed by atoms with E-state index in [1.54, 1.807) is 0 Å². The van der Waals surface area contributed by atoms with E-state index in [0.717, 1.165) is 30.0 Å². The second-order valence-electron chi connectivity index (χ2n) is 7.66. The van der Waals surface area contributed by atoms with Gasteiger partial charge in [-0.3, -0.25) is 0 Å². The Morgan fingerprint density at radius 1 is 1.11 bits per heavy atom. The summed E-state index contributed by atoms with van der Waals surface area (Å²) in [5, 5.41) is 9.20. The Kier molecular flexibility index (Phi) is 7.61. The van der Waals surface area contributed by atoms with Crippen molar-refractivity contribution in [2.45, 2.75) is 53.1 Å². The normalized spacial score (nSPS) is 11.0. The highest BCUT2D eigenvalue weighted by Gasteiger charge is 2.15. The summed E-state index contributed by atoms with van der Waals surface area (Å²) in [7, 11) is 0. The van der Waals surface area contributed by atoms with Gasteiger partial charge in [-0.2, -0.15) is 4.98 Å². The Morgan fingerprint density at radius 3 is 2.46 bits per heavy atom. The summed E-state index contributed by atoms with van der Waals surface area (Å²) in [6.45, 7) is 10.6. The van der Waals surface area contributed by atoms with E-state index in [9.17, 15) is 4.79 Å². The number of carbonyl (C=O) groups is 1. The quantitative estimate of drug-likeness (QED) is 0.583. The molecule has 152 valence electrons. The zero-order chi connectivity index (χ0) is 20.6. The molecule has 0 aliphatic rings. The van der Waals surface area contributed by atoms with E-state index in [1.807, 2.05) is 39.0 Å². The topological polar surface area (TPSA) is 88.2 Å². The van der Waals surface area contributed by atoms with Crippen LogP contribution in [0, 0.1) is 6.92 Å². The number of aromatic nitrogens is 2. The molecule has 0 radical (unpaired) electrons. The molecule has 0 bridgehead atoms. The molecule has 0 spiro atoms. The van der Waals surface area contributed by atoms with E-state index in [4.69, 9.17) is 4.74 Å². The summed E-state index contributed by atoms with van der Waals surface area (Å²) in [5.74, 6) is 1.27. The van der Waals surface area contributed by atoms with Crippen molar-refractivity contribution in [3.05, 3.63) is 41.6 Å². The van der Waals surface area contributed by atoms with E-state index >= 15 is 0 Å². The van der Waals surface area contributed by atoms with E-state index in [0.29, 0.717) is 19.0 Å². The molecule has 0 unspecified atom stereocenters. The van der Waals surface area contributed by atoms with Crippen LogP contribution in [-0.4, -0.2) is 34.8 Å². The molecule has 0 aliphatic heterocycles. The lowest BCUT2D eigenvalue weighted by atomic mass is 10.2. The summed E-state index contributed by atoms with van der Waals surface area (Å²) in [6, 6.07) is 10.1. The van der Waals surface area contributed by atoms with Crippen LogP contribution in [0.5, 0.6) is 0 Å². The highest BCUT2D eigenvalue weighted by Crippen LogP contribution is 2.18. The third-order valence-electron chi connectivity index (χ3n) is 3.69. The van der Waals surface area contributed by atoms with E-state index < -0.39 is 11.7 Å². The predicted molar refractivity (Wildman–Crippen MR) is 113 cm³/mol. The van der Waals surface area contributed by atoms with Gasteiger partial charge in [0, 0.05) is 30.5 Å². The molecule has 2 aromatic rings. The van der Waals surface area contributed by atoms with Crippen molar-refractivity contribution in [3.8, 4) is 0 Å². The molecule has 1 aromatic heterocycles. The molecule has 1 heterocycles. The van der Waals surface area contributed by atoms with Gasteiger partial charge in [-0.1, -0.05) is 31.0 Å². The summed E-state index contributed by atoms with van der Waals surface area (Å²) < 4.78 is 5.22. The fraction of sp³-hybridized carbons (Fsp3) is 0.476. The minimum absolute atomic E-state index is 0.414. The summed E-state index contributed by atoms with van der Waals surface area (Å²) >= 11 is 0. The van der Waals surface area contributed by atoms with Crippen LogP contribution in [0.25, 0.3) is 0 Å². The average molecular weight is 386 g/mol. The van der Waals surface area contributed by atoms with E-state index in [1.165, 1.54) is 5.56 Å². The fourth-order valence-corrected chi connectivity index (χ4v) is 2.46. The maximum absolute atomic E-state index is 11.7. The molecule has 28 heavy (non-hydrogen) atoms. The number of nitrogens with one attached hydrogen (secondary N) is 3. The second-order valence-corrected chi connectivity index (χ2v) is 7.66. The van der Waals surface area contributed by atoms with Crippen LogP contribution < -0.4 is 16.0 Å². The first-order chi connectivity index (χ1) is 13.2. The van der Waals surface area contributed by atoms with Crippen LogP contribution in [-0.2, 0) is 11.2 Å². The molecular formula is C21H31N5O2. The van der Waals surface area contributed by atoms with Gasteiger partial charge in [-0.25, -0.2) is 9.78 Å². The van der Waals surface area contributed by atoms with Crippen molar-refractivity contribution in [1.82, 2.24) is 15.3 Å². The number of anilines is 3. The molecule has 7 heteroatoms. The Morgan fingerprint density at radius 2 is 1.82 bits per heavy atom. The number of ether oxygens (including phenoxy) is 1. The van der Waals surface area contributed by atoms with Crippen molar-refractivity contribution < 1.29 is 9.53 Å². The van der Waals surface area contributed by atoms with E-state index in [2.05, 4.69) is 51.9 Å². The number of hydrogen-bond acceptors (Lipinski definition) is 6. The number of amides is 1. The van der Waals surface area contributed by atoms with Gasteiger partial charge in [0.1, 0.15) is 11.4 Å². The van der Waals surface area contributed by atoms with Crippen LogP contribution in [0.4, 0.5) is 22.2 Å². The number of nitrogens with zero attached hydrogens (tertiary/aromatic N) is 2. The molecular weight excluding hydrogens is 354 g/mol. The average Bonchev–Trinajstić information content (AvgIpc) is 2.59. The van der Waals surface area contributed by atoms with Crippen LogP contribution in [0.15, 0.2) is 30.3 Å². The Balaban J connectivity index is 1.96. The lowest BCUT2D eigenvalue weighted by molar-refractivity contribution is 0.0530. The van der Waals surface area contributed by atoms with Gasteiger partial charge in [-0.15, -0.1) is 0 Å². The first-order valence-electron chi connectivity index (χ1n) is 9.67. The van der Waals surface area contributed by atoms with Crippen molar-refractivity contribution >= 4 is 23.5 Å². The molecule has 7 nitrogen and oxygen atoms in total. The van der Waals surface area contributed by atoms with Gasteiger partial charge in [0.2, 0.25) is 5.95 Å². The standard InChI is InChI=1S/C21H31N5O2/c1-6-7-17-14-18(24-16-10-8-15(2)9-11-16)26-19(25-17)22-12-13-23-20(27)28-21(3,4)5/h8-11,14H,6-7,12-13H2,1-5H3,(H,23,27)(H2,22,24,25,26). The number of rotatable bonds is 8. The lowest BCUT2D eigenvalue weighted by Gasteiger charge is -2.19. The Hall–Kier alpha value is -2.83. The molecule has 1 amide bonds. The van der Waals surface area contributed by atoms with Gasteiger partial charge >= 0.3 is 6.09 Å². The van der Waals surface area contributed by atoms with Crippen molar-refractivity contribution in [3.63, 3.8) is 0 Å². The number of alkyl carbamates (subject to hydrolysis) is 1. The Bertz CT molecular complexity index is 769. The molecule has 1 aromatic carbocycles. The molecule has 0 saturated carbocycles. The van der Waals surface area contributed by atoms with Gasteiger partial charge in [0.05, 0.1) is 0 Å². The maximum atomic E-state index is 11.7. The summed E-state index contributed by atoms with van der Waals surface area (Å²) in [6.07, 6.45) is 1.44. The molecule has 0 fully saturated rings. The lowest BCUT2D eigenvalue weighted by Crippen LogP contribution is -2.35. The first kappa shape index (κ1) is 21.5. The zero-order valence-corrected chi connectivity index (χ0v) is 17.4. The largest absolute Gasteiger partial charge is 0.444 e. The van der Waals surface area contributed by atoms with Crippen molar-refractivity contribution in [2.75, 3.05) is 23.7 Å². The van der Waals surface area contributed by atoms with Gasteiger partial charge < -0.3 is 20.7 Å². The summed E-state index contributed by atoms with van der Waals surface area (Å²) in [5.41, 5.74) is 2.64. The monoisotopic (exact) mass is 385 g/mol. The molecule has 0 saturated heterocycles. The highest BCUT2D eigenvalue weighted by molar-refractivity contribution is 5.67.